The van der Waals surface area contributed by atoms with Crippen LogP contribution in [-0.4, -0.2) is 36.3 Å². The summed E-state index contributed by atoms with van der Waals surface area (Å²) in [4.78, 5) is 10.5. The monoisotopic (exact) mass is 198 g/mol. The molecular weight excluding hydrogens is 188 g/mol. The Bertz CT molecular complexity index is 249. The van der Waals surface area contributed by atoms with E-state index in [2.05, 4.69) is 5.84 Å². The second kappa shape index (κ2) is 4.21. The average molecular weight is 198 g/mol. The predicted octanol–water partition coefficient (Wildman–Crippen LogP) is -2.37. The Kier molecular flexibility index (Phi) is 3.89. The zero-order valence-corrected chi connectivity index (χ0v) is 6.91. The molecule has 0 aromatic rings. The van der Waals surface area contributed by atoms with Gasteiger partial charge in [0.25, 0.3) is 10.1 Å². The summed E-state index contributed by atoms with van der Waals surface area (Å²) >= 11 is 0. The van der Waals surface area contributed by atoms with E-state index in [1.807, 2.05) is 0 Å². The van der Waals surface area contributed by atoms with Crippen LogP contribution in [0.4, 0.5) is 4.79 Å². The lowest BCUT2D eigenvalue weighted by Gasteiger charge is -2.13. The number of nitrogens with one attached hydrogen (secondary N) is 1. The number of hydrogen-bond acceptors (Lipinski definition) is 5. The highest BCUT2D eigenvalue weighted by atomic mass is 32.2. The molecule has 0 aliphatic carbocycles. The molecule has 8 nitrogen and oxygen atoms in total. The van der Waals surface area contributed by atoms with Gasteiger partial charge < -0.3 is 0 Å². The van der Waals surface area contributed by atoms with E-state index in [1.54, 1.807) is 5.43 Å². The van der Waals surface area contributed by atoms with Crippen molar-refractivity contribution in [1.82, 2.24) is 10.4 Å². The molecule has 12 heavy (non-hydrogen) atoms. The number of nitrogens with zero attached hydrogens (tertiary/aromatic N) is 1. The zero-order chi connectivity index (χ0) is 9.78. The van der Waals surface area contributed by atoms with Gasteiger partial charge in [0.2, 0.25) is 0 Å². The lowest BCUT2D eigenvalue weighted by Crippen LogP contribution is -2.48. The number of amides is 2. The summed E-state index contributed by atoms with van der Waals surface area (Å²) in [5, 5.41) is 0.535. The zero-order valence-electron chi connectivity index (χ0n) is 6.10. The fourth-order valence-corrected chi connectivity index (χ4v) is 0.826. The van der Waals surface area contributed by atoms with Gasteiger partial charge in [-0.25, -0.2) is 16.5 Å². The van der Waals surface area contributed by atoms with E-state index in [0.29, 0.717) is 5.01 Å². The minimum Gasteiger partial charge on any atom is -0.285 e. The Morgan fingerprint density at radius 2 is 2.08 bits per heavy atom. The fourth-order valence-electron chi connectivity index (χ4n) is 0.398. The first-order valence-corrected chi connectivity index (χ1v) is 4.45. The molecule has 0 saturated heterocycles. The molecule has 0 aromatic carbocycles. The van der Waals surface area contributed by atoms with Gasteiger partial charge in [-0.1, -0.05) is 0 Å². The van der Waals surface area contributed by atoms with Gasteiger partial charge in [0, 0.05) is 0 Å². The van der Waals surface area contributed by atoms with Crippen LogP contribution in [0.15, 0.2) is 0 Å². The summed E-state index contributed by atoms with van der Waals surface area (Å²) in [5.74, 6) is 9.05. The second-order valence-corrected chi connectivity index (χ2v) is 3.50. The second-order valence-electron chi connectivity index (χ2n) is 1.93. The molecule has 0 aliphatic rings. The third-order valence-corrected chi connectivity index (χ3v) is 1.67. The van der Waals surface area contributed by atoms with Crippen molar-refractivity contribution in [3.05, 3.63) is 0 Å². The lowest BCUT2D eigenvalue weighted by atomic mass is 10.7. The third-order valence-electron chi connectivity index (χ3n) is 0.974. The number of carbonyl (C=O) groups excluding carboxylic acids is 1. The van der Waals surface area contributed by atoms with Gasteiger partial charge in [-0.2, -0.15) is 8.42 Å². The molecule has 0 aromatic heterocycles. The van der Waals surface area contributed by atoms with Crippen LogP contribution in [0.3, 0.4) is 0 Å². The van der Waals surface area contributed by atoms with Crippen molar-refractivity contribution in [2.45, 2.75) is 0 Å². The standard InChI is InChI=1S/C3H10N4O4S/c4-6-3(8)7(5)1-2-12(9,10)11/h1-2,4-5H2,(H,6,8)(H,9,10,11). The van der Waals surface area contributed by atoms with Gasteiger partial charge in [-0.05, 0) is 0 Å². The van der Waals surface area contributed by atoms with Crippen LogP contribution in [0.1, 0.15) is 0 Å². The van der Waals surface area contributed by atoms with E-state index >= 15 is 0 Å². The largest absolute Gasteiger partial charge is 0.345 e. The van der Waals surface area contributed by atoms with Crippen molar-refractivity contribution in [3.63, 3.8) is 0 Å². The highest BCUT2D eigenvalue weighted by molar-refractivity contribution is 7.85. The van der Waals surface area contributed by atoms with Crippen LogP contribution in [-0.2, 0) is 10.1 Å². The van der Waals surface area contributed by atoms with Crippen molar-refractivity contribution in [3.8, 4) is 0 Å². The van der Waals surface area contributed by atoms with Crippen LogP contribution in [0, 0.1) is 0 Å². The van der Waals surface area contributed by atoms with Gasteiger partial charge in [0.1, 0.15) is 0 Å². The van der Waals surface area contributed by atoms with Gasteiger partial charge in [-0.15, -0.1) is 0 Å². The summed E-state index contributed by atoms with van der Waals surface area (Å²) in [5.41, 5.74) is 1.69. The molecule has 6 N–H and O–H groups in total. The van der Waals surface area contributed by atoms with Crippen molar-refractivity contribution in [1.29, 1.82) is 0 Å². The number of hydrogen-bond donors (Lipinski definition) is 4. The minimum atomic E-state index is -4.10. The molecule has 0 bridgehead atoms. The first-order valence-electron chi connectivity index (χ1n) is 2.85. The first kappa shape index (κ1) is 11.1. The molecule has 0 fully saturated rings. The van der Waals surface area contributed by atoms with Crippen LogP contribution in [0.2, 0.25) is 0 Å². The maximum atomic E-state index is 10.5. The highest BCUT2D eigenvalue weighted by Crippen LogP contribution is 1.84. The molecule has 0 atom stereocenters. The van der Waals surface area contributed by atoms with Crippen molar-refractivity contribution in [2.24, 2.45) is 11.7 Å². The normalized spacial score (nSPS) is 10.9. The maximum absolute atomic E-state index is 10.5. The number of hydrazine groups is 2. The van der Waals surface area contributed by atoms with Gasteiger partial charge in [0.05, 0.1) is 12.3 Å². The van der Waals surface area contributed by atoms with Crippen LogP contribution in [0.25, 0.3) is 0 Å². The summed E-state index contributed by atoms with van der Waals surface area (Å²) in [6.45, 7) is -0.331. The molecule has 9 heteroatoms. The average Bonchev–Trinajstić information content (AvgIpc) is 1.97. The molecule has 0 heterocycles. The number of urea groups is 1. The van der Waals surface area contributed by atoms with E-state index in [0.717, 1.165) is 0 Å². The predicted molar refractivity (Wildman–Crippen MR) is 40.0 cm³/mol. The van der Waals surface area contributed by atoms with E-state index in [-0.39, 0.29) is 6.54 Å². The summed E-state index contributed by atoms with van der Waals surface area (Å²) in [6.07, 6.45) is 0. The molecule has 0 rings (SSSR count). The Morgan fingerprint density at radius 3 is 2.42 bits per heavy atom. The molecular formula is C3H10N4O4S. The summed E-state index contributed by atoms with van der Waals surface area (Å²) < 4.78 is 28.6. The molecule has 72 valence electrons. The molecule has 0 aliphatic heterocycles. The van der Waals surface area contributed by atoms with Crippen molar-refractivity contribution < 1.29 is 17.8 Å². The van der Waals surface area contributed by atoms with E-state index in [4.69, 9.17) is 10.4 Å². The fraction of sp³-hybridized carbons (Fsp3) is 0.667. The quantitative estimate of drug-likeness (QED) is 0.173. The number of carbonyl (C=O) groups is 1. The van der Waals surface area contributed by atoms with Crippen LogP contribution in [0.5, 0.6) is 0 Å². The Hall–Kier alpha value is -0.900. The van der Waals surface area contributed by atoms with Crippen LogP contribution < -0.4 is 17.1 Å². The number of nitrogens with two attached hydrogens (primary N) is 2. The Balaban J connectivity index is 3.88. The van der Waals surface area contributed by atoms with E-state index in [9.17, 15) is 13.2 Å². The lowest BCUT2D eigenvalue weighted by molar-refractivity contribution is 0.202. The number of rotatable bonds is 3. The highest BCUT2D eigenvalue weighted by Gasteiger charge is 2.11. The maximum Gasteiger partial charge on any atom is 0.345 e. The van der Waals surface area contributed by atoms with Gasteiger partial charge in [-0.3, -0.25) is 15.0 Å². The van der Waals surface area contributed by atoms with Gasteiger partial charge in [0.15, 0.2) is 0 Å². The summed E-state index contributed by atoms with van der Waals surface area (Å²) in [6, 6.07) is -0.835. The molecule has 0 saturated carbocycles. The van der Waals surface area contributed by atoms with E-state index < -0.39 is 21.9 Å². The van der Waals surface area contributed by atoms with Crippen molar-refractivity contribution >= 4 is 16.1 Å². The Labute approximate surface area is 69.2 Å². The van der Waals surface area contributed by atoms with E-state index in [1.165, 1.54) is 0 Å². The molecule has 2 amide bonds. The van der Waals surface area contributed by atoms with Crippen molar-refractivity contribution in [2.75, 3.05) is 12.3 Å². The molecule has 0 unspecified atom stereocenters. The molecule has 0 spiro atoms. The minimum absolute atomic E-state index is 0.331. The smallest absolute Gasteiger partial charge is 0.285 e. The van der Waals surface area contributed by atoms with Crippen LogP contribution >= 0.6 is 0 Å². The SMILES string of the molecule is NNC(=O)N(N)CCS(=O)(=O)O. The summed E-state index contributed by atoms with van der Waals surface area (Å²) in [7, 11) is -4.10. The molecule has 0 radical (unpaired) electrons. The third kappa shape index (κ3) is 4.85. The van der Waals surface area contributed by atoms with Gasteiger partial charge >= 0.3 is 6.03 Å². The Morgan fingerprint density at radius 1 is 1.58 bits per heavy atom. The topological polar surface area (TPSA) is 139 Å². The first-order chi connectivity index (χ1) is 5.37.